The largest absolute Gasteiger partial charge is 0.377 e. The van der Waals surface area contributed by atoms with Crippen LogP contribution in [0.3, 0.4) is 0 Å². The van der Waals surface area contributed by atoms with E-state index in [1.165, 1.54) is 30.7 Å². The third-order valence-electron chi connectivity index (χ3n) is 3.85. The smallest absolute Gasteiger partial charge is 0.0925 e. The first-order valence-electron chi connectivity index (χ1n) is 6.98. The van der Waals surface area contributed by atoms with E-state index in [-0.39, 0.29) is 0 Å². The van der Waals surface area contributed by atoms with Crippen LogP contribution in [0, 0.1) is 0 Å². The van der Waals surface area contributed by atoms with Gasteiger partial charge in [-0.15, -0.1) is 0 Å². The van der Waals surface area contributed by atoms with E-state index in [0.717, 1.165) is 32.7 Å². The Morgan fingerprint density at radius 1 is 1.39 bits per heavy atom. The van der Waals surface area contributed by atoms with Crippen molar-refractivity contribution in [3.63, 3.8) is 0 Å². The topological polar surface area (TPSA) is 62.0 Å². The third kappa shape index (κ3) is 2.91. The van der Waals surface area contributed by atoms with Crippen molar-refractivity contribution < 1.29 is 4.74 Å². The van der Waals surface area contributed by atoms with Crippen LogP contribution in [0.1, 0.15) is 30.7 Å². The van der Waals surface area contributed by atoms with Gasteiger partial charge in [0.15, 0.2) is 0 Å². The Bertz CT molecular complexity index is 373. The number of fused-ring (bicyclic) bond motifs is 1. The Balaban J connectivity index is 1.39. The van der Waals surface area contributed by atoms with Gasteiger partial charge < -0.3 is 20.4 Å². The highest BCUT2D eigenvalue weighted by atomic mass is 16.5. The Morgan fingerprint density at radius 3 is 3.28 bits per heavy atom. The van der Waals surface area contributed by atoms with Crippen molar-refractivity contribution in [2.24, 2.45) is 0 Å². The number of nitrogens with zero attached hydrogens (tertiary/aromatic N) is 1. The van der Waals surface area contributed by atoms with Crippen molar-refractivity contribution in [2.75, 3.05) is 19.7 Å². The van der Waals surface area contributed by atoms with Gasteiger partial charge in [-0.3, -0.25) is 0 Å². The molecule has 0 bridgehead atoms. The minimum Gasteiger partial charge on any atom is -0.377 e. The van der Waals surface area contributed by atoms with Gasteiger partial charge in [-0.25, -0.2) is 4.98 Å². The van der Waals surface area contributed by atoms with Crippen LogP contribution in [0.2, 0.25) is 0 Å². The molecule has 18 heavy (non-hydrogen) atoms. The Hall–Kier alpha value is -0.910. The number of imidazole rings is 1. The number of aromatic nitrogens is 2. The van der Waals surface area contributed by atoms with Gasteiger partial charge in [0, 0.05) is 38.7 Å². The molecule has 2 unspecified atom stereocenters. The van der Waals surface area contributed by atoms with Gasteiger partial charge in [-0.05, 0) is 19.3 Å². The number of nitrogens with one attached hydrogen (secondary N) is 3. The fourth-order valence-corrected chi connectivity index (χ4v) is 2.76. The highest BCUT2D eigenvalue weighted by Crippen LogP contribution is 2.13. The minimum absolute atomic E-state index is 0.420. The maximum absolute atomic E-state index is 5.71. The van der Waals surface area contributed by atoms with Gasteiger partial charge in [0.1, 0.15) is 0 Å². The van der Waals surface area contributed by atoms with Crippen molar-refractivity contribution in [2.45, 2.75) is 44.4 Å². The van der Waals surface area contributed by atoms with E-state index in [1.54, 1.807) is 6.33 Å². The molecule has 0 saturated carbocycles. The van der Waals surface area contributed by atoms with Crippen LogP contribution >= 0.6 is 0 Å². The Kier molecular flexibility index (Phi) is 3.93. The molecular formula is C13H22N4O. The molecule has 1 saturated heterocycles. The molecule has 100 valence electrons. The van der Waals surface area contributed by atoms with Crippen molar-refractivity contribution in [1.82, 2.24) is 20.6 Å². The summed E-state index contributed by atoms with van der Waals surface area (Å²) >= 11 is 0. The molecule has 1 fully saturated rings. The molecule has 3 rings (SSSR count). The molecule has 3 heterocycles. The van der Waals surface area contributed by atoms with Gasteiger partial charge in [-0.1, -0.05) is 0 Å². The number of rotatable bonds is 4. The lowest BCUT2D eigenvalue weighted by Crippen LogP contribution is -2.45. The zero-order chi connectivity index (χ0) is 12.2. The maximum atomic E-state index is 5.71. The first kappa shape index (κ1) is 12.1. The van der Waals surface area contributed by atoms with E-state index in [2.05, 4.69) is 20.6 Å². The molecular weight excluding hydrogens is 228 g/mol. The van der Waals surface area contributed by atoms with E-state index in [0.29, 0.717) is 12.1 Å². The fourth-order valence-electron chi connectivity index (χ4n) is 2.76. The van der Waals surface area contributed by atoms with Gasteiger partial charge in [0.2, 0.25) is 0 Å². The molecule has 2 atom stereocenters. The highest BCUT2D eigenvalue weighted by molar-refractivity contribution is 5.15. The average molecular weight is 250 g/mol. The van der Waals surface area contributed by atoms with Gasteiger partial charge >= 0.3 is 0 Å². The summed E-state index contributed by atoms with van der Waals surface area (Å²) in [6, 6.07) is 0.490. The predicted octanol–water partition coefficient (Wildman–Crippen LogP) is 0.583. The quantitative estimate of drug-likeness (QED) is 0.731. The zero-order valence-electron chi connectivity index (χ0n) is 10.7. The van der Waals surface area contributed by atoms with Crippen molar-refractivity contribution in [1.29, 1.82) is 0 Å². The molecule has 3 N–H and O–H groups in total. The molecule has 0 radical (unpaired) electrons. The number of hydrogen-bond donors (Lipinski definition) is 3. The van der Waals surface area contributed by atoms with Gasteiger partial charge in [-0.2, -0.15) is 0 Å². The van der Waals surface area contributed by atoms with Crippen LogP contribution in [0.15, 0.2) is 6.33 Å². The minimum atomic E-state index is 0.420. The summed E-state index contributed by atoms with van der Waals surface area (Å²) < 4.78 is 5.71. The SMILES string of the molecule is c1nc2c([nH]1)CNC(CNCC1CCCCO1)C2. The second-order valence-corrected chi connectivity index (χ2v) is 5.26. The molecule has 5 nitrogen and oxygen atoms in total. The van der Waals surface area contributed by atoms with Crippen LogP contribution in [-0.4, -0.2) is 41.8 Å². The van der Waals surface area contributed by atoms with Crippen LogP contribution < -0.4 is 10.6 Å². The molecule has 0 aromatic carbocycles. The van der Waals surface area contributed by atoms with Crippen molar-refractivity contribution in [3.05, 3.63) is 17.7 Å². The van der Waals surface area contributed by atoms with E-state index < -0.39 is 0 Å². The van der Waals surface area contributed by atoms with Gasteiger partial charge in [0.25, 0.3) is 0 Å². The van der Waals surface area contributed by atoms with Gasteiger partial charge in [0.05, 0.1) is 23.8 Å². The average Bonchev–Trinajstić information content (AvgIpc) is 2.87. The molecule has 2 aliphatic rings. The second kappa shape index (κ2) is 5.82. The van der Waals surface area contributed by atoms with E-state index in [9.17, 15) is 0 Å². The number of H-pyrrole nitrogens is 1. The molecule has 1 aromatic rings. The zero-order valence-corrected chi connectivity index (χ0v) is 10.7. The number of aromatic amines is 1. The van der Waals surface area contributed by atoms with Crippen LogP contribution in [0.4, 0.5) is 0 Å². The second-order valence-electron chi connectivity index (χ2n) is 5.26. The molecule has 1 aromatic heterocycles. The lowest BCUT2D eigenvalue weighted by atomic mass is 10.1. The molecule has 0 aliphatic carbocycles. The first-order chi connectivity index (χ1) is 8.92. The summed E-state index contributed by atoms with van der Waals surface area (Å²) in [5.74, 6) is 0. The molecule has 5 heteroatoms. The standard InChI is InChI=1S/C13H22N4O/c1-2-4-18-11(3-1)7-14-6-10-5-12-13(8-15-10)17-9-16-12/h9-11,14-15H,1-8H2,(H,16,17). The van der Waals surface area contributed by atoms with Crippen molar-refractivity contribution in [3.8, 4) is 0 Å². The predicted molar refractivity (Wildman–Crippen MR) is 69.4 cm³/mol. The summed E-state index contributed by atoms with van der Waals surface area (Å²) in [5, 5.41) is 7.05. The first-order valence-corrected chi connectivity index (χ1v) is 6.98. The summed E-state index contributed by atoms with van der Waals surface area (Å²) in [4.78, 5) is 7.53. The highest BCUT2D eigenvalue weighted by Gasteiger charge is 2.20. The maximum Gasteiger partial charge on any atom is 0.0925 e. The number of hydrogen-bond acceptors (Lipinski definition) is 4. The third-order valence-corrected chi connectivity index (χ3v) is 3.85. The summed E-state index contributed by atoms with van der Waals surface area (Å²) in [7, 11) is 0. The van der Waals surface area contributed by atoms with Crippen LogP contribution in [0.5, 0.6) is 0 Å². The summed E-state index contributed by atoms with van der Waals surface area (Å²) in [6.45, 7) is 3.81. The monoisotopic (exact) mass is 250 g/mol. The Labute approximate surface area is 108 Å². The molecule has 0 spiro atoms. The molecule has 2 aliphatic heterocycles. The normalized spacial score (nSPS) is 28.0. The van der Waals surface area contributed by atoms with E-state index in [1.807, 2.05) is 0 Å². The lowest BCUT2D eigenvalue weighted by molar-refractivity contribution is 0.0167. The number of ether oxygens (including phenoxy) is 1. The van der Waals surface area contributed by atoms with Crippen molar-refractivity contribution >= 4 is 0 Å². The lowest BCUT2D eigenvalue weighted by Gasteiger charge is -2.26. The molecule has 0 amide bonds. The van der Waals surface area contributed by atoms with Crippen LogP contribution in [-0.2, 0) is 17.7 Å². The van der Waals surface area contributed by atoms with E-state index in [4.69, 9.17) is 4.74 Å². The summed E-state index contributed by atoms with van der Waals surface area (Å²) in [6.07, 6.45) is 6.96. The Morgan fingerprint density at radius 2 is 2.39 bits per heavy atom. The van der Waals surface area contributed by atoms with Crippen LogP contribution in [0.25, 0.3) is 0 Å². The summed E-state index contributed by atoms with van der Waals surface area (Å²) in [5.41, 5.74) is 2.45. The fraction of sp³-hybridized carbons (Fsp3) is 0.769. The van der Waals surface area contributed by atoms with E-state index >= 15 is 0 Å².